The maximum Gasteiger partial charge on any atom is 0.290 e. The molecule has 0 bridgehead atoms. The zero-order valence-corrected chi connectivity index (χ0v) is 8.73. The van der Waals surface area contributed by atoms with Gasteiger partial charge in [0, 0.05) is 13.6 Å². The van der Waals surface area contributed by atoms with Crippen molar-refractivity contribution in [1.29, 1.82) is 0 Å². The monoisotopic (exact) mass is 209 g/mol. The first-order valence-electron chi connectivity index (χ1n) is 5.10. The second-order valence-corrected chi connectivity index (χ2v) is 4.02. The summed E-state index contributed by atoms with van der Waals surface area (Å²) in [5.41, 5.74) is 5.33. The SMILES string of the molecule is CN(CC1CCC1)C(=O)c1nc(N)n[nH]1. The first kappa shape index (κ1) is 9.95. The number of nitrogen functional groups attached to an aromatic ring is 1. The molecular formula is C9H15N5O. The molecule has 1 saturated carbocycles. The van der Waals surface area contributed by atoms with E-state index in [1.165, 1.54) is 19.3 Å². The quantitative estimate of drug-likeness (QED) is 0.747. The molecule has 1 amide bonds. The first-order valence-corrected chi connectivity index (χ1v) is 5.10. The molecule has 1 aromatic rings. The van der Waals surface area contributed by atoms with Gasteiger partial charge in [-0.25, -0.2) is 0 Å². The molecule has 0 atom stereocenters. The minimum Gasteiger partial charge on any atom is -0.366 e. The van der Waals surface area contributed by atoms with Gasteiger partial charge in [-0.15, -0.1) is 5.10 Å². The van der Waals surface area contributed by atoms with Crippen molar-refractivity contribution in [2.24, 2.45) is 5.92 Å². The van der Waals surface area contributed by atoms with Crippen molar-refractivity contribution in [3.8, 4) is 0 Å². The van der Waals surface area contributed by atoms with Crippen LogP contribution >= 0.6 is 0 Å². The summed E-state index contributed by atoms with van der Waals surface area (Å²) in [6.07, 6.45) is 3.72. The Bertz CT molecular complexity index is 357. The molecule has 1 fully saturated rings. The van der Waals surface area contributed by atoms with Gasteiger partial charge in [-0.05, 0) is 18.8 Å². The van der Waals surface area contributed by atoms with E-state index in [0.29, 0.717) is 5.92 Å². The molecule has 0 saturated heterocycles. The highest BCUT2D eigenvalue weighted by molar-refractivity contribution is 5.90. The first-order chi connectivity index (χ1) is 7.16. The predicted octanol–water partition coefficient (Wildman–Crippen LogP) is 0.259. The van der Waals surface area contributed by atoms with Crippen molar-refractivity contribution < 1.29 is 4.79 Å². The van der Waals surface area contributed by atoms with Crippen molar-refractivity contribution in [3.63, 3.8) is 0 Å². The van der Waals surface area contributed by atoms with Crippen molar-refractivity contribution in [3.05, 3.63) is 5.82 Å². The molecule has 0 spiro atoms. The van der Waals surface area contributed by atoms with E-state index in [1.54, 1.807) is 11.9 Å². The van der Waals surface area contributed by atoms with E-state index in [-0.39, 0.29) is 17.7 Å². The van der Waals surface area contributed by atoms with Crippen LogP contribution in [0, 0.1) is 5.92 Å². The summed E-state index contributed by atoms with van der Waals surface area (Å²) in [6, 6.07) is 0. The van der Waals surface area contributed by atoms with Crippen molar-refractivity contribution in [1.82, 2.24) is 20.1 Å². The lowest BCUT2D eigenvalue weighted by Crippen LogP contribution is -2.34. The number of nitrogens with one attached hydrogen (secondary N) is 1. The Balaban J connectivity index is 1.94. The molecule has 1 aromatic heterocycles. The second-order valence-electron chi connectivity index (χ2n) is 4.02. The van der Waals surface area contributed by atoms with E-state index < -0.39 is 0 Å². The number of anilines is 1. The van der Waals surface area contributed by atoms with Gasteiger partial charge >= 0.3 is 0 Å². The Kier molecular flexibility index (Phi) is 2.57. The normalized spacial score (nSPS) is 16.1. The summed E-state index contributed by atoms with van der Waals surface area (Å²) < 4.78 is 0. The molecule has 2 rings (SSSR count). The summed E-state index contributed by atoms with van der Waals surface area (Å²) >= 11 is 0. The number of rotatable bonds is 3. The molecule has 0 unspecified atom stereocenters. The van der Waals surface area contributed by atoms with Crippen molar-refractivity contribution in [2.75, 3.05) is 19.3 Å². The number of hydrogen-bond acceptors (Lipinski definition) is 4. The van der Waals surface area contributed by atoms with Gasteiger partial charge in [0.15, 0.2) is 0 Å². The molecule has 0 aromatic carbocycles. The number of aromatic amines is 1. The van der Waals surface area contributed by atoms with Gasteiger partial charge in [-0.2, -0.15) is 4.98 Å². The minimum atomic E-state index is -0.147. The lowest BCUT2D eigenvalue weighted by atomic mass is 9.85. The maximum atomic E-state index is 11.8. The van der Waals surface area contributed by atoms with Gasteiger partial charge in [-0.1, -0.05) is 6.42 Å². The molecule has 0 radical (unpaired) electrons. The number of carbonyl (C=O) groups is 1. The number of amides is 1. The van der Waals surface area contributed by atoms with Crippen LogP contribution in [0.25, 0.3) is 0 Å². The van der Waals surface area contributed by atoms with Crippen LogP contribution < -0.4 is 5.73 Å². The summed E-state index contributed by atoms with van der Waals surface area (Å²) in [7, 11) is 1.78. The van der Waals surface area contributed by atoms with Crippen molar-refractivity contribution >= 4 is 11.9 Å². The number of H-pyrrole nitrogens is 1. The van der Waals surface area contributed by atoms with E-state index in [1.807, 2.05) is 0 Å². The highest BCUT2D eigenvalue weighted by Gasteiger charge is 2.23. The Morgan fingerprint density at radius 2 is 2.40 bits per heavy atom. The van der Waals surface area contributed by atoms with Crippen LogP contribution in [0.5, 0.6) is 0 Å². The van der Waals surface area contributed by atoms with Crippen LogP contribution in [0.15, 0.2) is 0 Å². The Hall–Kier alpha value is -1.59. The van der Waals surface area contributed by atoms with Crippen LogP contribution in [0.1, 0.15) is 29.9 Å². The average Bonchev–Trinajstić information content (AvgIpc) is 2.56. The molecule has 1 aliphatic carbocycles. The van der Waals surface area contributed by atoms with Crippen LogP contribution in [0.4, 0.5) is 5.95 Å². The molecule has 6 nitrogen and oxygen atoms in total. The smallest absolute Gasteiger partial charge is 0.290 e. The van der Waals surface area contributed by atoms with Gasteiger partial charge in [0.1, 0.15) is 0 Å². The average molecular weight is 209 g/mol. The highest BCUT2D eigenvalue weighted by atomic mass is 16.2. The zero-order valence-electron chi connectivity index (χ0n) is 8.73. The fraction of sp³-hybridized carbons (Fsp3) is 0.667. The predicted molar refractivity (Wildman–Crippen MR) is 55.1 cm³/mol. The third-order valence-corrected chi connectivity index (χ3v) is 2.81. The molecule has 1 heterocycles. The van der Waals surface area contributed by atoms with E-state index >= 15 is 0 Å². The van der Waals surface area contributed by atoms with Crippen LogP contribution in [0.3, 0.4) is 0 Å². The Labute approximate surface area is 87.9 Å². The van der Waals surface area contributed by atoms with E-state index in [4.69, 9.17) is 5.73 Å². The van der Waals surface area contributed by atoms with Gasteiger partial charge in [-0.3, -0.25) is 9.89 Å². The lowest BCUT2D eigenvalue weighted by Gasteiger charge is -2.29. The number of nitrogens with two attached hydrogens (primary N) is 1. The van der Waals surface area contributed by atoms with Gasteiger partial charge < -0.3 is 10.6 Å². The molecule has 15 heavy (non-hydrogen) atoms. The fourth-order valence-electron chi connectivity index (χ4n) is 1.70. The molecule has 82 valence electrons. The zero-order chi connectivity index (χ0) is 10.8. The van der Waals surface area contributed by atoms with Crippen molar-refractivity contribution in [2.45, 2.75) is 19.3 Å². The second kappa shape index (κ2) is 3.88. The van der Waals surface area contributed by atoms with E-state index in [0.717, 1.165) is 6.54 Å². The summed E-state index contributed by atoms with van der Waals surface area (Å²) in [6.45, 7) is 0.791. The third kappa shape index (κ3) is 2.08. The number of aromatic nitrogens is 3. The van der Waals surface area contributed by atoms with Crippen LogP contribution in [-0.4, -0.2) is 39.6 Å². The topological polar surface area (TPSA) is 87.9 Å². The van der Waals surface area contributed by atoms with Gasteiger partial charge in [0.2, 0.25) is 11.8 Å². The number of hydrogen-bond donors (Lipinski definition) is 2. The van der Waals surface area contributed by atoms with Gasteiger partial charge in [0.25, 0.3) is 5.91 Å². The largest absolute Gasteiger partial charge is 0.366 e. The summed E-state index contributed by atoms with van der Waals surface area (Å²) in [5, 5.41) is 6.15. The van der Waals surface area contributed by atoms with Gasteiger partial charge in [0.05, 0.1) is 0 Å². The molecular weight excluding hydrogens is 194 g/mol. The highest BCUT2D eigenvalue weighted by Crippen LogP contribution is 2.26. The molecule has 3 N–H and O–H groups in total. The lowest BCUT2D eigenvalue weighted by molar-refractivity contribution is 0.0733. The summed E-state index contributed by atoms with van der Waals surface area (Å²) in [4.78, 5) is 17.2. The summed E-state index contributed by atoms with van der Waals surface area (Å²) in [5.74, 6) is 0.829. The fourth-order valence-corrected chi connectivity index (χ4v) is 1.70. The van der Waals surface area contributed by atoms with E-state index in [9.17, 15) is 4.79 Å². The molecule has 1 aliphatic rings. The number of carbonyl (C=O) groups excluding carboxylic acids is 1. The van der Waals surface area contributed by atoms with Crippen LogP contribution in [0.2, 0.25) is 0 Å². The standard InChI is InChI=1S/C9H15N5O/c1-14(5-6-3-2-4-6)8(15)7-11-9(10)13-12-7/h6H,2-5H2,1H3,(H3,10,11,12,13). The molecule has 6 heteroatoms. The van der Waals surface area contributed by atoms with Crippen LogP contribution in [-0.2, 0) is 0 Å². The Morgan fingerprint density at radius 1 is 1.67 bits per heavy atom. The third-order valence-electron chi connectivity index (χ3n) is 2.81. The van der Waals surface area contributed by atoms with E-state index in [2.05, 4.69) is 15.2 Å². The Morgan fingerprint density at radius 3 is 2.87 bits per heavy atom. The maximum absolute atomic E-state index is 11.8. The number of nitrogens with zero attached hydrogens (tertiary/aromatic N) is 3. The minimum absolute atomic E-state index is 0.107. The molecule has 0 aliphatic heterocycles.